The lowest BCUT2D eigenvalue weighted by atomic mass is 10.0. The van der Waals surface area contributed by atoms with Crippen molar-refractivity contribution in [3.63, 3.8) is 0 Å². The van der Waals surface area contributed by atoms with E-state index in [0.29, 0.717) is 0 Å². The largest absolute Gasteiger partial charge is 0.573 e. The highest BCUT2D eigenvalue weighted by atomic mass is 19.4. The summed E-state index contributed by atoms with van der Waals surface area (Å²) in [6.07, 6.45) is -2.54. The number of hydrogen-bond acceptors (Lipinski definition) is 3. The van der Waals surface area contributed by atoms with Crippen LogP contribution in [0.15, 0.2) is 24.3 Å². The fraction of sp³-hybridized carbons (Fsp3) is 0.611. The molecule has 4 nitrogen and oxygen atoms in total. The minimum atomic E-state index is -4.83. The van der Waals surface area contributed by atoms with Crippen molar-refractivity contribution in [2.75, 3.05) is 26.7 Å². The van der Waals surface area contributed by atoms with Crippen LogP contribution in [0.2, 0.25) is 0 Å². The molecule has 1 amide bonds. The third-order valence-corrected chi connectivity index (χ3v) is 4.57. The molecule has 0 N–H and O–H groups in total. The number of para-hydroxylation sites is 1. The first-order valence-electron chi connectivity index (χ1n) is 8.53. The minimum absolute atomic E-state index is 0.0746. The molecule has 1 heterocycles. The molecule has 1 aliphatic heterocycles. The summed E-state index contributed by atoms with van der Waals surface area (Å²) >= 11 is 0. The number of likely N-dealkylation sites (N-methyl/N-ethyl adjacent to an activating group) is 1. The van der Waals surface area contributed by atoms with Crippen LogP contribution >= 0.6 is 0 Å². The molecule has 1 fully saturated rings. The predicted molar refractivity (Wildman–Crippen MR) is 89.5 cm³/mol. The molecule has 1 aliphatic rings. The molecular formula is C18H25F3N2O2. The zero-order chi connectivity index (χ0) is 18.6. The number of nitrogens with zero attached hydrogens (tertiary/aromatic N) is 2. The second kappa shape index (κ2) is 8.08. The fourth-order valence-electron chi connectivity index (χ4n) is 3.21. The van der Waals surface area contributed by atoms with Crippen LogP contribution < -0.4 is 4.74 Å². The van der Waals surface area contributed by atoms with Gasteiger partial charge in [-0.25, -0.2) is 0 Å². The van der Waals surface area contributed by atoms with Crippen LogP contribution in [-0.2, 0) is 0 Å². The molecule has 0 radical (unpaired) electrons. The average molecular weight is 358 g/mol. The van der Waals surface area contributed by atoms with Gasteiger partial charge in [-0.1, -0.05) is 26.0 Å². The Morgan fingerprint density at radius 1 is 1.24 bits per heavy atom. The molecule has 7 heteroatoms. The Morgan fingerprint density at radius 2 is 1.84 bits per heavy atom. The van der Waals surface area contributed by atoms with Crippen LogP contribution in [0, 0.1) is 5.92 Å². The predicted octanol–water partition coefficient (Wildman–Crippen LogP) is 3.78. The van der Waals surface area contributed by atoms with Gasteiger partial charge < -0.3 is 14.5 Å². The molecule has 1 aromatic carbocycles. The van der Waals surface area contributed by atoms with Crippen LogP contribution in [0.3, 0.4) is 0 Å². The Kier molecular flexibility index (Phi) is 6.32. The molecule has 2 rings (SSSR count). The molecule has 0 aromatic heterocycles. The number of ether oxygens (including phenoxy) is 1. The monoisotopic (exact) mass is 358 g/mol. The maximum absolute atomic E-state index is 12.8. The normalized spacial score (nSPS) is 16.9. The first-order valence-corrected chi connectivity index (χ1v) is 8.53. The summed E-state index contributed by atoms with van der Waals surface area (Å²) in [7, 11) is 1.65. The Balaban J connectivity index is 2.19. The number of halogens is 3. The fourth-order valence-corrected chi connectivity index (χ4v) is 3.21. The van der Waals surface area contributed by atoms with Crippen LogP contribution in [0.25, 0.3) is 0 Å². The molecule has 0 unspecified atom stereocenters. The Morgan fingerprint density at radius 3 is 2.40 bits per heavy atom. The summed E-state index contributed by atoms with van der Waals surface area (Å²) in [5.74, 6) is -0.737. The highest BCUT2D eigenvalue weighted by Crippen LogP contribution is 2.28. The number of hydrogen-bond donors (Lipinski definition) is 0. The van der Waals surface area contributed by atoms with E-state index in [-0.39, 0.29) is 17.5 Å². The molecule has 0 aliphatic carbocycles. The van der Waals surface area contributed by atoms with Gasteiger partial charge in [-0.2, -0.15) is 0 Å². The molecular weight excluding hydrogens is 333 g/mol. The second-order valence-electron chi connectivity index (χ2n) is 6.78. The maximum atomic E-state index is 12.8. The van der Waals surface area contributed by atoms with Crippen molar-refractivity contribution >= 4 is 5.91 Å². The summed E-state index contributed by atoms with van der Waals surface area (Å²) in [5.41, 5.74) is -0.0746. The molecule has 0 saturated carbocycles. The van der Waals surface area contributed by atoms with Crippen molar-refractivity contribution in [2.24, 2.45) is 5.92 Å². The lowest BCUT2D eigenvalue weighted by molar-refractivity contribution is -0.274. The smallest absolute Gasteiger partial charge is 0.405 e. The Bertz CT molecular complexity index is 584. The highest BCUT2D eigenvalue weighted by Gasteiger charge is 2.34. The number of alkyl halides is 3. The van der Waals surface area contributed by atoms with E-state index < -0.39 is 18.0 Å². The number of amides is 1. The van der Waals surface area contributed by atoms with Gasteiger partial charge in [-0.05, 0) is 44.0 Å². The van der Waals surface area contributed by atoms with E-state index in [4.69, 9.17) is 0 Å². The van der Waals surface area contributed by atoms with E-state index in [1.165, 1.54) is 24.3 Å². The molecule has 1 atom stereocenters. The first-order chi connectivity index (χ1) is 11.7. The van der Waals surface area contributed by atoms with Gasteiger partial charge in [0.25, 0.3) is 5.91 Å². The molecule has 1 aromatic rings. The van der Waals surface area contributed by atoms with Crippen LogP contribution in [0.4, 0.5) is 13.2 Å². The van der Waals surface area contributed by atoms with E-state index in [1.807, 2.05) is 13.8 Å². The third-order valence-electron chi connectivity index (χ3n) is 4.57. The number of carbonyl (C=O) groups is 1. The quantitative estimate of drug-likeness (QED) is 0.776. The molecule has 140 valence electrons. The Labute approximate surface area is 146 Å². The highest BCUT2D eigenvalue weighted by molar-refractivity contribution is 5.97. The summed E-state index contributed by atoms with van der Waals surface area (Å²) < 4.78 is 41.8. The van der Waals surface area contributed by atoms with Crippen molar-refractivity contribution in [2.45, 2.75) is 39.1 Å². The standard InChI is InChI=1S/C18H25F3N2O2/c1-13(2)15(12-23-10-6-7-11-23)22(3)17(24)14-8-4-5-9-16(14)25-18(19,20)21/h4-5,8-9,13,15H,6-7,10-12H2,1-3H3/t15-/m0/s1. The molecule has 1 saturated heterocycles. The van der Waals surface area contributed by atoms with E-state index >= 15 is 0 Å². The third kappa shape index (κ3) is 5.36. The zero-order valence-electron chi connectivity index (χ0n) is 14.8. The van der Waals surface area contributed by atoms with Gasteiger partial charge in [-0.15, -0.1) is 13.2 Å². The molecule has 0 bridgehead atoms. The summed E-state index contributed by atoms with van der Waals surface area (Å²) in [4.78, 5) is 16.7. The van der Waals surface area contributed by atoms with Crippen molar-refractivity contribution in [3.05, 3.63) is 29.8 Å². The van der Waals surface area contributed by atoms with Gasteiger partial charge >= 0.3 is 6.36 Å². The first kappa shape index (κ1) is 19.6. The summed E-state index contributed by atoms with van der Waals surface area (Å²) in [6, 6.07) is 5.41. The van der Waals surface area contributed by atoms with E-state index in [1.54, 1.807) is 11.9 Å². The lowest BCUT2D eigenvalue weighted by Gasteiger charge is -2.34. The number of likely N-dealkylation sites (tertiary alicyclic amines) is 1. The molecule has 0 spiro atoms. The van der Waals surface area contributed by atoms with Crippen molar-refractivity contribution in [1.29, 1.82) is 0 Å². The topological polar surface area (TPSA) is 32.8 Å². The zero-order valence-corrected chi connectivity index (χ0v) is 14.8. The number of benzene rings is 1. The number of carbonyl (C=O) groups excluding carboxylic acids is 1. The van der Waals surface area contributed by atoms with E-state index in [0.717, 1.165) is 32.5 Å². The minimum Gasteiger partial charge on any atom is -0.405 e. The SMILES string of the molecule is CC(C)[C@H](CN1CCCC1)N(C)C(=O)c1ccccc1OC(F)(F)F. The summed E-state index contributed by atoms with van der Waals surface area (Å²) in [6.45, 7) is 6.76. The van der Waals surface area contributed by atoms with Gasteiger partial charge in [0.2, 0.25) is 0 Å². The van der Waals surface area contributed by atoms with Crippen LogP contribution in [0.5, 0.6) is 5.75 Å². The van der Waals surface area contributed by atoms with Crippen LogP contribution in [-0.4, -0.2) is 54.8 Å². The van der Waals surface area contributed by atoms with Crippen LogP contribution in [0.1, 0.15) is 37.0 Å². The number of rotatable bonds is 6. The molecule has 25 heavy (non-hydrogen) atoms. The van der Waals surface area contributed by atoms with Gasteiger partial charge in [0.1, 0.15) is 5.75 Å². The van der Waals surface area contributed by atoms with Gasteiger partial charge in [0, 0.05) is 19.6 Å². The Hall–Kier alpha value is -1.76. The van der Waals surface area contributed by atoms with Crippen molar-refractivity contribution in [3.8, 4) is 5.75 Å². The van der Waals surface area contributed by atoms with Gasteiger partial charge in [-0.3, -0.25) is 4.79 Å². The van der Waals surface area contributed by atoms with E-state index in [9.17, 15) is 18.0 Å². The summed E-state index contributed by atoms with van der Waals surface area (Å²) in [5, 5.41) is 0. The second-order valence-corrected chi connectivity index (χ2v) is 6.78. The average Bonchev–Trinajstić information content (AvgIpc) is 3.03. The van der Waals surface area contributed by atoms with Crippen molar-refractivity contribution in [1.82, 2.24) is 9.80 Å². The maximum Gasteiger partial charge on any atom is 0.573 e. The lowest BCUT2D eigenvalue weighted by Crippen LogP contribution is -2.47. The van der Waals surface area contributed by atoms with Gasteiger partial charge in [0.05, 0.1) is 5.56 Å². The van der Waals surface area contributed by atoms with Gasteiger partial charge in [0.15, 0.2) is 0 Å². The van der Waals surface area contributed by atoms with Crippen molar-refractivity contribution < 1.29 is 22.7 Å². The van der Waals surface area contributed by atoms with E-state index in [2.05, 4.69) is 9.64 Å².